The predicted molar refractivity (Wildman–Crippen MR) is 104 cm³/mol. The van der Waals surface area contributed by atoms with E-state index in [1.54, 1.807) is 0 Å². The molecule has 0 spiro atoms. The molecule has 4 nitrogen and oxygen atoms in total. The molecule has 0 bridgehead atoms. The first kappa shape index (κ1) is 17.6. The number of pyridine rings is 1. The lowest BCUT2D eigenvalue weighted by molar-refractivity contribution is 0.140. The van der Waals surface area contributed by atoms with Crippen LogP contribution in [0.5, 0.6) is 0 Å². The molecule has 0 amide bonds. The first-order chi connectivity index (χ1) is 12.1. The van der Waals surface area contributed by atoms with E-state index in [2.05, 4.69) is 48.9 Å². The molecule has 1 saturated heterocycles. The van der Waals surface area contributed by atoms with E-state index < -0.39 is 0 Å². The van der Waals surface area contributed by atoms with Gasteiger partial charge in [-0.1, -0.05) is 18.7 Å². The summed E-state index contributed by atoms with van der Waals surface area (Å²) in [5.74, 6) is 0.905. The van der Waals surface area contributed by atoms with Crippen LogP contribution in [0, 0.1) is 0 Å². The summed E-state index contributed by atoms with van der Waals surface area (Å²) in [6, 6.07) is 2.37. The molecule has 132 valence electrons. The molecule has 3 heterocycles. The highest BCUT2D eigenvalue weighted by Crippen LogP contribution is 2.30. The Balaban J connectivity index is 1.96. The van der Waals surface area contributed by atoms with Crippen LogP contribution in [0.25, 0.3) is 0 Å². The van der Waals surface area contributed by atoms with Crippen molar-refractivity contribution < 1.29 is 4.74 Å². The molecule has 0 aromatic carbocycles. The molecular formula is C21H27N3O. The van der Waals surface area contributed by atoms with E-state index in [0.717, 1.165) is 47.7 Å². The lowest BCUT2D eigenvalue weighted by atomic mass is 9.97. The molecule has 0 saturated carbocycles. The third-order valence-electron chi connectivity index (χ3n) is 4.41. The Morgan fingerprint density at radius 1 is 1.44 bits per heavy atom. The Bertz CT molecular complexity index is 738. The Morgan fingerprint density at radius 2 is 2.28 bits per heavy atom. The van der Waals surface area contributed by atoms with Crippen LogP contribution in [-0.2, 0) is 11.3 Å². The van der Waals surface area contributed by atoms with Crippen molar-refractivity contribution in [3.05, 3.63) is 59.3 Å². The van der Waals surface area contributed by atoms with E-state index in [4.69, 9.17) is 9.73 Å². The van der Waals surface area contributed by atoms with Gasteiger partial charge in [-0.25, -0.2) is 4.98 Å². The maximum Gasteiger partial charge on any atom is 0.135 e. The number of nitrogens with one attached hydrogen (secondary N) is 1. The number of fused-ring (bicyclic) bond motifs is 1. The molecule has 1 aromatic heterocycles. The number of aliphatic imine (C=N–C) groups is 1. The van der Waals surface area contributed by atoms with E-state index in [0.29, 0.717) is 12.6 Å². The third kappa shape index (κ3) is 3.90. The van der Waals surface area contributed by atoms with Gasteiger partial charge in [0.15, 0.2) is 0 Å². The summed E-state index contributed by atoms with van der Waals surface area (Å²) in [7, 11) is 0. The molecular weight excluding hydrogens is 310 g/mol. The van der Waals surface area contributed by atoms with Crippen molar-refractivity contribution in [3.8, 4) is 0 Å². The minimum Gasteiger partial charge on any atom is -0.374 e. The van der Waals surface area contributed by atoms with Crippen molar-refractivity contribution in [2.75, 3.05) is 11.9 Å². The molecule has 1 aromatic rings. The van der Waals surface area contributed by atoms with Gasteiger partial charge in [0.05, 0.1) is 18.4 Å². The molecule has 1 fully saturated rings. The number of hydrogen-bond donors (Lipinski definition) is 1. The number of nitrogens with zero attached hydrogens (tertiary/aromatic N) is 2. The van der Waals surface area contributed by atoms with Crippen molar-refractivity contribution in [1.82, 2.24) is 4.98 Å². The second-order valence-electron chi connectivity index (χ2n) is 6.83. The Kier molecular flexibility index (Phi) is 5.49. The van der Waals surface area contributed by atoms with Crippen LogP contribution in [0.3, 0.4) is 0 Å². The summed E-state index contributed by atoms with van der Waals surface area (Å²) < 4.78 is 5.77. The first-order valence-electron chi connectivity index (χ1n) is 9.04. The highest BCUT2D eigenvalue weighted by molar-refractivity contribution is 6.19. The van der Waals surface area contributed by atoms with Gasteiger partial charge in [0, 0.05) is 30.0 Å². The van der Waals surface area contributed by atoms with Gasteiger partial charge in [0.25, 0.3) is 0 Å². The standard InChI is InChI=1S/C21H27N3O/c1-5-7-16(12-15(4)18-8-6-11-25-18)20-19-17(13-23-20)9-10-22-21(19)24-14(2)3/h5,7,9-10,12,14,18H,4,6,8,11,13H2,1-3H3,(H,22,24)/b7-5-,16-12+. The Morgan fingerprint density at radius 3 is 2.96 bits per heavy atom. The number of hydrogen-bond acceptors (Lipinski definition) is 4. The van der Waals surface area contributed by atoms with Crippen molar-refractivity contribution in [1.29, 1.82) is 0 Å². The maximum atomic E-state index is 5.77. The number of aromatic nitrogens is 1. The smallest absolute Gasteiger partial charge is 0.135 e. The minimum absolute atomic E-state index is 0.129. The lowest BCUT2D eigenvalue weighted by Crippen LogP contribution is -2.16. The fourth-order valence-electron chi connectivity index (χ4n) is 3.30. The number of ether oxygens (including phenoxy) is 1. The summed E-state index contributed by atoms with van der Waals surface area (Å²) in [6.07, 6.45) is 10.4. The Labute approximate surface area is 150 Å². The molecule has 1 atom stereocenters. The normalized spacial score (nSPS) is 20.2. The molecule has 1 N–H and O–H groups in total. The summed E-state index contributed by atoms with van der Waals surface area (Å²) in [5, 5.41) is 3.45. The van der Waals surface area contributed by atoms with Crippen molar-refractivity contribution >= 4 is 11.5 Å². The van der Waals surface area contributed by atoms with Crippen molar-refractivity contribution in [2.45, 2.75) is 52.3 Å². The van der Waals surface area contributed by atoms with Crippen LogP contribution in [0.15, 0.2) is 53.2 Å². The predicted octanol–water partition coefficient (Wildman–Crippen LogP) is 4.44. The molecule has 2 aliphatic heterocycles. The molecule has 1 unspecified atom stereocenters. The van der Waals surface area contributed by atoms with Crippen LogP contribution >= 0.6 is 0 Å². The largest absolute Gasteiger partial charge is 0.374 e. The SMILES string of the molecule is C=C(/C=C(\C=C/C)C1=NCc2ccnc(NC(C)C)c21)C1CCCO1. The van der Waals surface area contributed by atoms with E-state index >= 15 is 0 Å². The Hall–Kier alpha value is -2.20. The van der Waals surface area contributed by atoms with Gasteiger partial charge >= 0.3 is 0 Å². The van der Waals surface area contributed by atoms with Crippen LogP contribution in [0.4, 0.5) is 5.82 Å². The fraction of sp³-hybridized carbons (Fsp3) is 0.429. The highest BCUT2D eigenvalue weighted by atomic mass is 16.5. The second kappa shape index (κ2) is 7.79. The number of rotatable bonds is 6. The number of anilines is 1. The zero-order valence-corrected chi connectivity index (χ0v) is 15.4. The minimum atomic E-state index is 0.129. The van der Waals surface area contributed by atoms with Crippen LogP contribution in [0.2, 0.25) is 0 Å². The summed E-state index contributed by atoms with van der Waals surface area (Å²) in [4.78, 5) is 9.35. The molecule has 4 heteroatoms. The molecule has 0 aliphatic carbocycles. The van der Waals surface area contributed by atoms with Gasteiger partial charge in [0.1, 0.15) is 5.82 Å². The lowest BCUT2D eigenvalue weighted by Gasteiger charge is -2.16. The second-order valence-corrected chi connectivity index (χ2v) is 6.83. The zero-order valence-electron chi connectivity index (χ0n) is 15.4. The molecule has 25 heavy (non-hydrogen) atoms. The number of allylic oxidation sites excluding steroid dienone is 3. The average Bonchev–Trinajstić information content (AvgIpc) is 3.24. The van der Waals surface area contributed by atoms with E-state index in [1.165, 1.54) is 5.56 Å². The van der Waals surface area contributed by atoms with Crippen molar-refractivity contribution in [2.24, 2.45) is 4.99 Å². The summed E-state index contributed by atoms with van der Waals surface area (Å²) >= 11 is 0. The monoisotopic (exact) mass is 337 g/mol. The van der Waals surface area contributed by atoms with E-state index in [1.807, 2.05) is 19.2 Å². The maximum absolute atomic E-state index is 5.77. The summed E-state index contributed by atoms with van der Waals surface area (Å²) in [6.45, 7) is 12.0. The van der Waals surface area contributed by atoms with Crippen LogP contribution < -0.4 is 5.32 Å². The zero-order chi connectivity index (χ0) is 17.8. The molecule has 3 rings (SSSR count). The molecule has 0 radical (unpaired) electrons. The van der Waals surface area contributed by atoms with Gasteiger partial charge < -0.3 is 10.1 Å². The van der Waals surface area contributed by atoms with Gasteiger partial charge in [-0.3, -0.25) is 4.99 Å². The quantitative estimate of drug-likeness (QED) is 0.781. The van der Waals surface area contributed by atoms with Crippen molar-refractivity contribution in [3.63, 3.8) is 0 Å². The molecule has 2 aliphatic rings. The van der Waals surface area contributed by atoms with Gasteiger partial charge in [-0.2, -0.15) is 0 Å². The average molecular weight is 337 g/mol. The van der Waals surface area contributed by atoms with Crippen LogP contribution in [-0.4, -0.2) is 29.4 Å². The summed E-state index contributed by atoms with van der Waals surface area (Å²) in [5.41, 5.74) is 5.40. The van der Waals surface area contributed by atoms with Gasteiger partial charge in [0.2, 0.25) is 0 Å². The third-order valence-corrected chi connectivity index (χ3v) is 4.41. The van der Waals surface area contributed by atoms with Crippen LogP contribution in [0.1, 0.15) is 44.7 Å². The van der Waals surface area contributed by atoms with E-state index in [-0.39, 0.29) is 6.10 Å². The fourth-order valence-corrected chi connectivity index (χ4v) is 3.30. The van der Waals surface area contributed by atoms with Gasteiger partial charge in [-0.15, -0.1) is 0 Å². The van der Waals surface area contributed by atoms with Gasteiger partial charge in [-0.05, 0) is 56.9 Å². The van der Waals surface area contributed by atoms with E-state index in [9.17, 15) is 0 Å². The highest BCUT2D eigenvalue weighted by Gasteiger charge is 2.24. The first-order valence-corrected chi connectivity index (χ1v) is 9.04. The topological polar surface area (TPSA) is 46.5 Å².